The van der Waals surface area contributed by atoms with Crippen molar-refractivity contribution in [2.24, 2.45) is 0 Å². The molecular formula is C25H24N2O4. The van der Waals surface area contributed by atoms with Crippen LogP contribution in [0.3, 0.4) is 0 Å². The Balaban J connectivity index is 1.39. The summed E-state index contributed by atoms with van der Waals surface area (Å²) in [7, 11) is 0. The molecule has 4 rings (SSSR count). The minimum Gasteiger partial charge on any atom is -0.462 e. The van der Waals surface area contributed by atoms with Crippen LogP contribution in [0.25, 0.3) is 10.8 Å². The monoisotopic (exact) mass is 416 g/mol. The van der Waals surface area contributed by atoms with E-state index in [2.05, 4.69) is 5.32 Å². The lowest BCUT2D eigenvalue weighted by atomic mass is 10.1. The van der Waals surface area contributed by atoms with Gasteiger partial charge in [-0.25, -0.2) is 4.79 Å². The molecule has 1 N–H and O–H groups in total. The molecule has 0 radical (unpaired) electrons. The molecule has 6 nitrogen and oxygen atoms in total. The first-order valence-electron chi connectivity index (χ1n) is 10.4. The summed E-state index contributed by atoms with van der Waals surface area (Å²) in [5, 5.41) is 4.89. The van der Waals surface area contributed by atoms with Gasteiger partial charge in [-0.2, -0.15) is 0 Å². The van der Waals surface area contributed by atoms with Gasteiger partial charge in [0, 0.05) is 29.6 Å². The quantitative estimate of drug-likeness (QED) is 0.566. The second-order valence-corrected chi connectivity index (χ2v) is 7.49. The fraction of sp³-hybridized carbons (Fsp3) is 0.240. The molecule has 0 atom stereocenters. The number of benzene rings is 3. The third-order valence-electron chi connectivity index (χ3n) is 5.54. The van der Waals surface area contributed by atoms with Crippen molar-refractivity contribution < 1.29 is 19.1 Å². The summed E-state index contributed by atoms with van der Waals surface area (Å²) in [5.74, 6) is -0.589. The molecule has 31 heavy (non-hydrogen) atoms. The van der Waals surface area contributed by atoms with E-state index in [0.29, 0.717) is 42.0 Å². The summed E-state index contributed by atoms with van der Waals surface area (Å²) in [6, 6.07) is 16.8. The highest BCUT2D eigenvalue weighted by molar-refractivity contribution is 6.25. The van der Waals surface area contributed by atoms with Gasteiger partial charge in [0.15, 0.2) is 0 Å². The standard InChI is InChI=1S/C25H24N2O4/c1-3-31-25(30)18-10-6-12-20(16(18)2)26-22(28)14-7-15-27-21-13-5-9-17-8-4-11-19(23(17)21)24(27)29/h4-6,8-13H,3,7,14-15H2,1-2H3,(H,26,28). The molecule has 1 heterocycles. The van der Waals surface area contributed by atoms with Crippen molar-refractivity contribution in [2.45, 2.75) is 26.7 Å². The summed E-state index contributed by atoms with van der Waals surface area (Å²) in [4.78, 5) is 39.1. The van der Waals surface area contributed by atoms with E-state index in [4.69, 9.17) is 4.74 Å². The van der Waals surface area contributed by atoms with E-state index in [1.807, 2.05) is 36.4 Å². The molecule has 158 valence electrons. The van der Waals surface area contributed by atoms with Crippen LogP contribution >= 0.6 is 0 Å². The Morgan fingerprint density at radius 2 is 1.77 bits per heavy atom. The predicted octanol–water partition coefficient (Wildman–Crippen LogP) is 4.70. The van der Waals surface area contributed by atoms with E-state index >= 15 is 0 Å². The molecular weight excluding hydrogens is 392 g/mol. The molecule has 0 aromatic heterocycles. The van der Waals surface area contributed by atoms with Gasteiger partial charge >= 0.3 is 5.97 Å². The molecule has 2 amide bonds. The van der Waals surface area contributed by atoms with Crippen molar-refractivity contribution in [1.82, 2.24) is 0 Å². The fourth-order valence-corrected chi connectivity index (χ4v) is 4.01. The highest BCUT2D eigenvalue weighted by Gasteiger charge is 2.29. The van der Waals surface area contributed by atoms with Crippen LogP contribution in [0.2, 0.25) is 0 Å². The second-order valence-electron chi connectivity index (χ2n) is 7.49. The van der Waals surface area contributed by atoms with Gasteiger partial charge in [0.05, 0.1) is 17.9 Å². The Kier molecular flexibility index (Phi) is 5.71. The van der Waals surface area contributed by atoms with Gasteiger partial charge in [-0.05, 0) is 55.5 Å². The summed E-state index contributed by atoms with van der Waals surface area (Å²) in [6.07, 6.45) is 0.789. The van der Waals surface area contributed by atoms with E-state index in [9.17, 15) is 14.4 Å². The van der Waals surface area contributed by atoms with Gasteiger partial charge in [0.1, 0.15) is 0 Å². The number of hydrogen-bond acceptors (Lipinski definition) is 4. The third-order valence-corrected chi connectivity index (χ3v) is 5.54. The normalized spacial score (nSPS) is 12.3. The Bertz CT molecular complexity index is 1180. The summed E-state index contributed by atoms with van der Waals surface area (Å²) >= 11 is 0. The van der Waals surface area contributed by atoms with Crippen LogP contribution < -0.4 is 10.2 Å². The van der Waals surface area contributed by atoms with Crippen molar-refractivity contribution in [3.05, 3.63) is 71.3 Å². The molecule has 6 heteroatoms. The average molecular weight is 416 g/mol. The molecule has 0 unspecified atom stereocenters. The third kappa shape index (κ3) is 3.89. The Morgan fingerprint density at radius 3 is 2.55 bits per heavy atom. The Labute approximate surface area is 180 Å². The highest BCUT2D eigenvalue weighted by Crippen LogP contribution is 2.37. The van der Waals surface area contributed by atoms with Gasteiger partial charge in [-0.15, -0.1) is 0 Å². The van der Waals surface area contributed by atoms with Gasteiger partial charge in [0.25, 0.3) is 5.91 Å². The lowest BCUT2D eigenvalue weighted by Crippen LogP contribution is -2.28. The summed E-state index contributed by atoms with van der Waals surface area (Å²) in [5.41, 5.74) is 3.31. The van der Waals surface area contributed by atoms with Crippen molar-refractivity contribution in [3.8, 4) is 0 Å². The zero-order valence-electron chi connectivity index (χ0n) is 17.6. The Morgan fingerprint density at radius 1 is 1.03 bits per heavy atom. The molecule has 1 aliphatic heterocycles. The van der Waals surface area contributed by atoms with E-state index in [0.717, 1.165) is 16.5 Å². The second kappa shape index (κ2) is 8.60. The zero-order chi connectivity index (χ0) is 22.0. The van der Waals surface area contributed by atoms with Crippen LogP contribution in [-0.2, 0) is 9.53 Å². The van der Waals surface area contributed by atoms with Crippen molar-refractivity contribution in [3.63, 3.8) is 0 Å². The number of amides is 2. The van der Waals surface area contributed by atoms with Crippen LogP contribution in [0.1, 0.15) is 46.0 Å². The van der Waals surface area contributed by atoms with Gasteiger partial charge < -0.3 is 15.0 Å². The number of anilines is 2. The minimum absolute atomic E-state index is 0.0230. The largest absolute Gasteiger partial charge is 0.462 e. The molecule has 3 aromatic rings. The molecule has 0 spiro atoms. The number of nitrogens with one attached hydrogen (secondary N) is 1. The molecule has 3 aromatic carbocycles. The first-order valence-corrected chi connectivity index (χ1v) is 10.4. The maximum Gasteiger partial charge on any atom is 0.338 e. The number of carbonyl (C=O) groups is 3. The Hall–Kier alpha value is -3.67. The van der Waals surface area contributed by atoms with Crippen LogP contribution in [0.5, 0.6) is 0 Å². The lowest BCUT2D eigenvalue weighted by Gasteiger charge is -2.17. The number of hydrogen-bond donors (Lipinski definition) is 1. The van der Waals surface area contributed by atoms with Crippen molar-refractivity contribution in [1.29, 1.82) is 0 Å². The SMILES string of the molecule is CCOC(=O)c1cccc(NC(=O)CCCN2C(=O)c3cccc4cccc2c34)c1C. The zero-order valence-corrected chi connectivity index (χ0v) is 17.6. The van der Waals surface area contributed by atoms with Crippen molar-refractivity contribution in [2.75, 3.05) is 23.4 Å². The van der Waals surface area contributed by atoms with Gasteiger partial charge in [0.2, 0.25) is 5.91 Å². The number of ether oxygens (including phenoxy) is 1. The van der Waals surface area contributed by atoms with Crippen LogP contribution in [-0.4, -0.2) is 30.9 Å². The van der Waals surface area contributed by atoms with Crippen molar-refractivity contribution >= 4 is 39.9 Å². The highest BCUT2D eigenvalue weighted by atomic mass is 16.5. The maximum absolute atomic E-state index is 12.8. The molecule has 1 aliphatic rings. The lowest BCUT2D eigenvalue weighted by molar-refractivity contribution is -0.116. The first kappa shape index (κ1) is 20.6. The van der Waals surface area contributed by atoms with E-state index in [1.54, 1.807) is 36.9 Å². The van der Waals surface area contributed by atoms with E-state index in [1.165, 1.54) is 0 Å². The molecule has 0 aliphatic carbocycles. The molecule has 0 fully saturated rings. The van der Waals surface area contributed by atoms with Crippen LogP contribution in [0.15, 0.2) is 54.6 Å². The van der Waals surface area contributed by atoms with E-state index < -0.39 is 5.97 Å². The minimum atomic E-state index is -0.405. The molecule has 0 bridgehead atoms. The first-order chi connectivity index (χ1) is 15.0. The van der Waals surface area contributed by atoms with Crippen LogP contribution in [0, 0.1) is 6.92 Å². The number of rotatable bonds is 7. The number of esters is 1. The maximum atomic E-state index is 12.8. The number of nitrogens with zero attached hydrogens (tertiary/aromatic N) is 1. The summed E-state index contributed by atoms with van der Waals surface area (Å²) in [6.45, 7) is 4.29. The molecule has 0 saturated carbocycles. The smallest absolute Gasteiger partial charge is 0.338 e. The summed E-state index contributed by atoms with van der Waals surface area (Å²) < 4.78 is 5.06. The average Bonchev–Trinajstić information content (AvgIpc) is 3.03. The number of carbonyl (C=O) groups excluding carboxylic acids is 3. The fourth-order valence-electron chi connectivity index (χ4n) is 4.01. The van der Waals surface area contributed by atoms with Gasteiger partial charge in [-0.3, -0.25) is 9.59 Å². The van der Waals surface area contributed by atoms with Crippen LogP contribution in [0.4, 0.5) is 11.4 Å². The molecule has 0 saturated heterocycles. The topological polar surface area (TPSA) is 75.7 Å². The predicted molar refractivity (Wildman–Crippen MR) is 121 cm³/mol. The van der Waals surface area contributed by atoms with E-state index in [-0.39, 0.29) is 18.2 Å². The van der Waals surface area contributed by atoms with Gasteiger partial charge in [-0.1, -0.05) is 30.3 Å².